The monoisotopic (exact) mass is 1070 g/mol. The van der Waals surface area contributed by atoms with Crippen LogP contribution in [0.4, 0.5) is 24.5 Å². The number of rotatable bonds is 18. The number of carbonyl (C=O) groups is 1. The zero-order valence-corrected chi connectivity index (χ0v) is 44.8. The second-order valence-electron chi connectivity index (χ2n) is 19.5. The van der Waals surface area contributed by atoms with Gasteiger partial charge in [-0.15, -0.1) is 11.8 Å². The van der Waals surface area contributed by atoms with Gasteiger partial charge in [-0.25, -0.2) is 21.6 Å². The Morgan fingerprint density at radius 2 is 1.48 bits per heavy atom. The van der Waals surface area contributed by atoms with E-state index in [0.29, 0.717) is 69.2 Å². The minimum Gasteiger partial charge on any atom is -0.410 e. The Balaban J connectivity index is 1.06. The van der Waals surface area contributed by atoms with Gasteiger partial charge in [-0.3, -0.25) is 9.69 Å². The summed E-state index contributed by atoms with van der Waals surface area (Å²) in [6, 6.07) is 33.9. The minimum atomic E-state index is -6.07. The predicted molar refractivity (Wildman–Crippen MR) is 280 cm³/mol. The Hall–Kier alpha value is -4.40. The van der Waals surface area contributed by atoms with Crippen LogP contribution in [-0.2, 0) is 29.0 Å². The van der Waals surface area contributed by atoms with Crippen molar-refractivity contribution in [2.45, 2.75) is 90.5 Å². The zero-order valence-electron chi connectivity index (χ0n) is 40.5. The van der Waals surface area contributed by atoms with Crippen LogP contribution in [0.15, 0.2) is 136 Å². The molecule has 1 amide bonds. The van der Waals surface area contributed by atoms with Crippen molar-refractivity contribution in [3.05, 3.63) is 137 Å². The molecule has 1 unspecified atom stereocenters. The second kappa shape index (κ2) is 22.8. The van der Waals surface area contributed by atoms with Gasteiger partial charge >= 0.3 is 5.51 Å². The lowest BCUT2D eigenvalue weighted by molar-refractivity contribution is -0.0435. The van der Waals surface area contributed by atoms with E-state index in [1.807, 2.05) is 65.4 Å². The molecule has 71 heavy (non-hydrogen) atoms. The fraction of sp³-hybridized carbons (Fsp3) is 0.404. The van der Waals surface area contributed by atoms with Crippen LogP contribution in [0, 0.1) is 5.92 Å². The van der Waals surface area contributed by atoms with Crippen LogP contribution in [-0.4, -0.2) is 99.2 Å². The number of thioether (sulfide) groups is 1. The van der Waals surface area contributed by atoms with Crippen molar-refractivity contribution in [1.29, 1.82) is 0 Å². The highest BCUT2D eigenvalue weighted by molar-refractivity contribution is 7.99. The lowest BCUT2D eigenvalue weighted by atomic mass is 9.84. The fourth-order valence-electron chi connectivity index (χ4n) is 8.50. The zero-order chi connectivity index (χ0) is 51.2. The fourth-order valence-corrected chi connectivity index (χ4v) is 12.9. The molecule has 11 nitrogen and oxygen atoms in total. The number of ether oxygens (including phenoxy) is 1. The average Bonchev–Trinajstić information content (AvgIpc) is 3.34. The number of carbonyl (C=O) groups excluding carboxylic acids is 1. The van der Waals surface area contributed by atoms with Crippen molar-refractivity contribution in [3.63, 3.8) is 0 Å². The maximum atomic E-state index is 14.3. The molecule has 2 N–H and O–H groups in total. The first-order chi connectivity index (χ1) is 33.5. The highest BCUT2D eigenvalue weighted by atomic mass is 35.5. The van der Waals surface area contributed by atoms with Crippen LogP contribution in [0.1, 0.15) is 62.1 Å². The first kappa shape index (κ1) is 54.4. The molecule has 2 saturated heterocycles. The van der Waals surface area contributed by atoms with Crippen molar-refractivity contribution >= 4 is 68.8 Å². The summed E-state index contributed by atoms with van der Waals surface area (Å²) in [6.45, 7) is 15.6. The number of halogens is 4. The van der Waals surface area contributed by atoms with Crippen LogP contribution in [0.2, 0.25) is 23.2 Å². The number of nitrogens with zero attached hydrogens (tertiary/aromatic N) is 2. The molecule has 382 valence electrons. The highest BCUT2D eigenvalue weighted by Gasteiger charge is 2.49. The molecule has 0 bridgehead atoms. The van der Waals surface area contributed by atoms with Gasteiger partial charge in [0.15, 0.2) is 8.32 Å². The van der Waals surface area contributed by atoms with Gasteiger partial charge in [0.25, 0.3) is 25.8 Å². The molecule has 5 aromatic carbocycles. The maximum Gasteiger partial charge on any atom is 0.501 e. The van der Waals surface area contributed by atoms with Crippen LogP contribution >= 0.6 is 23.4 Å². The van der Waals surface area contributed by atoms with E-state index in [-0.39, 0.29) is 22.6 Å². The summed E-state index contributed by atoms with van der Waals surface area (Å²) in [5, 5.41) is 3.64. The molecule has 0 aliphatic carbocycles. The van der Waals surface area contributed by atoms with Crippen molar-refractivity contribution < 1.29 is 44.0 Å². The number of benzene rings is 5. The number of amides is 1. The smallest absolute Gasteiger partial charge is 0.410 e. The van der Waals surface area contributed by atoms with Gasteiger partial charge in [0.1, 0.15) is 4.90 Å². The van der Waals surface area contributed by atoms with Gasteiger partial charge in [-0.05, 0) is 127 Å². The van der Waals surface area contributed by atoms with Gasteiger partial charge in [0.2, 0.25) is 0 Å². The summed E-state index contributed by atoms with van der Waals surface area (Å²) < 4.78 is 111. The lowest BCUT2D eigenvalue weighted by Gasteiger charge is -2.44. The Labute approximate surface area is 426 Å². The van der Waals surface area contributed by atoms with Crippen molar-refractivity contribution in [2.24, 2.45) is 5.92 Å². The summed E-state index contributed by atoms with van der Waals surface area (Å²) in [5.41, 5.74) is -2.07. The molecule has 7 rings (SSSR count). The predicted octanol–water partition coefficient (Wildman–Crippen LogP) is 11.7. The highest BCUT2D eigenvalue weighted by Crippen LogP contribution is 2.46. The van der Waals surface area contributed by atoms with Crippen molar-refractivity contribution in [2.75, 3.05) is 61.9 Å². The average molecular weight is 1070 g/mol. The number of hydrogen-bond donors (Lipinski definition) is 2. The van der Waals surface area contributed by atoms with Gasteiger partial charge in [0.05, 0.1) is 29.9 Å². The summed E-state index contributed by atoms with van der Waals surface area (Å²) in [6.07, 6.45) is 1.90. The molecule has 0 saturated carbocycles. The quantitative estimate of drug-likeness (QED) is 0.0641. The third kappa shape index (κ3) is 13.6. The summed E-state index contributed by atoms with van der Waals surface area (Å²) in [4.78, 5) is 16.7. The van der Waals surface area contributed by atoms with Crippen molar-refractivity contribution in [1.82, 2.24) is 9.62 Å². The number of alkyl halides is 3. The lowest BCUT2D eigenvalue weighted by Crippen LogP contribution is -2.45. The normalized spacial score (nSPS) is 16.6. The molecule has 0 radical (unpaired) electrons. The molecule has 0 aromatic heterocycles. The second-order valence-corrected chi connectivity index (χ2v) is 29.4. The Morgan fingerprint density at radius 3 is 2.11 bits per heavy atom. The van der Waals surface area contributed by atoms with E-state index in [0.717, 1.165) is 52.2 Å². The van der Waals surface area contributed by atoms with E-state index >= 15 is 0 Å². The number of hydrogen-bond acceptors (Lipinski definition) is 11. The number of morpholine rings is 1. The number of sulfone groups is 1. The number of nitrogens with one attached hydrogen (secondary N) is 2. The standard InChI is InChI=1S/C52H62ClF3N4O7S3Si/c1-51(2,3)71(4,5)67-49(46-14-10-9-13-45(46)37-15-19-40(53)20-16-37)38-25-29-60(30-26-38)42-21-17-39(18-22-42)50(61)58-70(64,65)44-23-24-47(48(35-44)69(62,63)52(54,55)56)57-41(27-28-59-31-33-66-34-32-59)36-68-43-11-7-6-8-12-43/h6-24,35,38,41,49,57H,25-34,36H2,1-5H3,(H,58,61)/t41?,49-/m1/s1. The third-order valence-electron chi connectivity index (χ3n) is 13.6. The van der Waals surface area contributed by atoms with Crippen LogP contribution in [0.5, 0.6) is 0 Å². The first-order valence-electron chi connectivity index (χ1n) is 23.7. The van der Waals surface area contributed by atoms with Gasteiger partial charge in [-0.2, -0.15) is 13.2 Å². The van der Waals surface area contributed by atoms with E-state index in [1.165, 1.54) is 23.9 Å². The minimum absolute atomic E-state index is 0.0192. The summed E-state index contributed by atoms with van der Waals surface area (Å²) in [5.74, 6) is -0.481. The summed E-state index contributed by atoms with van der Waals surface area (Å²) >= 11 is 7.71. The molecular formula is C52H62ClF3N4O7S3Si. The molecular weight excluding hydrogens is 1010 g/mol. The van der Waals surface area contributed by atoms with Gasteiger partial charge in [0, 0.05) is 65.7 Å². The first-order valence-corrected chi connectivity index (χ1v) is 30.9. The van der Waals surface area contributed by atoms with Crippen LogP contribution < -0.4 is 14.9 Å². The van der Waals surface area contributed by atoms with E-state index in [4.69, 9.17) is 20.8 Å². The number of anilines is 2. The Bertz CT molecular complexity index is 2820. The molecule has 2 aliphatic heterocycles. The molecule has 0 spiro atoms. The van der Waals surface area contributed by atoms with Crippen LogP contribution in [0.25, 0.3) is 11.1 Å². The maximum absolute atomic E-state index is 14.3. The van der Waals surface area contributed by atoms with Crippen molar-refractivity contribution in [3.8, 4) is 11.1 Å². The molecule has 2 fully saturated rings. The summed E-state index contributed by atoms with van der Waals surface area (Å²) in [7, 11) is -13.2. The van der Waals surface area contributed by atoms with E-state index < -0.39 is 61.1 Å². The van der Waals surface area contributed by atoms with E-state index in [2.05, 4.69) is 67.2 Å². The van der Waals surface area contributed by atoms with Crippen LogP contribution in [0.3, 0.4) is 0 Å². The SMILES string of the molecule is CC(C)(C)[Si](C)(C)O[C@@H](c1ccccc1-c1ccc(Cl)cc1)C1CCN(c2ccc(C(=O)NS(=O)(=O)c3ccc(NC(CCN4CCOCC4)CSc4ccccc4)c(S(=O)(=O)C(F)(F)F)c3)cc2)CC1. The largest absolute Gasteiger partial charge is 0.501 e. The molecule has 2 aliphatic rings. The third-order valence-corrected chi connectivity index (χ3v) is 22.4. The molecule has 5 aromatic rings. The Kier molecular flexibility index (Phi) is 17.5. The number of piperidine rings is 1. The number of sulfonamides is 1. The molecule has 19 heteroatoms. The topological polar surface area (TPSA) is 134 Å². The molecule has 2 atom stereocenters. The van der Waals surface area contributed by atoms with Gasteiger partial charge < -0.3 is 19.4 Å². The molecule has 2 heterocycles. The van der Waals surface area contributed by atoms with E-state index in [1.54, 1.807) is 12.1 Å². The Morgan fingerprint density at radius 1 is 0.845 bits per heavy atom. The van der Waals surface area contributed by atoms with E-state index in [9.17, 15) is 34.8 Å². The van der Waals surface area contributed by atoms with Gasteiger partial charge in [-0.1, -0.05) is 87.0 Å².